The van der Waals surface area contributed by atoms with Crippen LogP contribution >= 0.6 is 0 Å². The van der Waals surface area contributed by atoms with Crippen molar-refractivity contribution in [3.05, 3.63) is 59.5 Å². The Bertz CT molecular complexity index is 1180. The van der Waals surface area contributed by atoms with Gasteiger partial charge in [-0.1, -0.05) is 25.0 Å². The van der Waals surface area contributed by atoms with Crippen molar-refractivity contribution < 1.29 is 27.5 Å². The highest BCUT2D eigenvalue weighted by Gasteiger charge is 2.42. The van der Waals surface area contributed by atoms with Gasteiger partial charge < -0.3 is 14.9 Å². The maximum Gasteiger partial charge on any atom is 0.417 e. The second-order valence-electron chi connectivity index (χ2n) is 12.6. The number of aliphatic carboxylic acids is 1. The number of carboxylic acids is 1. The highest BCUT2D eigenvalue weighted by Crippen LogP contribution is 2.40. The van der Waals surface area contributed by atoms with E-state index in [0.717, 1.165) is 89.1 Å². The third-order valence-corrected chi connectivity index (χ3v) is 9.50. The summed E-state index contributed by atoms with van der Waals surface area (Å²) < 4.78 is 52.6. The predicted octanol–water partition coefficient (Wildman–Crippen LogP) is 6.14. The van der Waals surface area contributed by atoms with Crippen LogP contribution in [0.2, 0.25) is 0 Å². The first kappa shape index (κ1) is 30.7. The number of benzene rings is 1. The smallest absolute Gasteiger partial charge is 0.417 e. The first-order valence-corrected chi connectivity index (χ1v) is 15.3. The summed E-state index contributed by atoms with van der Waals surface area (Å²) in [5, 5.41) is 10.00. The van der Waals surface area contributed by atoms with Gasteiger partial charge in [-0.05, 0) is 92.8 Å². The van der Waals surface area contributed by atoms with Crippen LogP contribution in [0.5, 0.6) is 0 Å². The number of hydrogen-bond donors (Lipinski definition) is 1. The van der Waals surface area contributed by atoms with Gasteiger partial charge in [0.25, 0.3) is 0 Å². The molecule has 3 fully saturated rings. The van der Waals surface area contributed by atoms with Crippen LogP contribution in [0.3, 0.4) is 0 Å². The average Bonchev–Trinajstić information content (AvgIpc) is 3.69. The van der Waals surface area contributed by atoms with Gasteiger partial charge in [0.2, 0.25) is 0 Å². The van der Waals surface area contributed by atoms with Crippen molar-refractivity contribution in [3.8, 4) is 0 Å². The fraction of sp³-hybridized carbons (Fsp3) is 0.625. The minimum absolute atomic E-state index is 0.105. The summed E-state index contributed by atoms with van der Waals surface area (Å²) in [6.45, 7) is 4.94. The highest BCUT2D eigenvalue weighted by atomic mass is 19.4. The van der Waals surface area contributed by atoms with E-state index in [2.05, 4.69) is 14.8 Å². The molecular formula is C32H42F4N4O2. The minimum Gasteiger partial charge on any atom is -0.480 e. The molecule has 3 aliphatic rings. The number of nitrogens with zero attached hydrogens (tertiary/aromatic N) is 4. The van der Waals surface area contributed by atoms with Crippen LogP contribution < -0.4 is 4.90 Å². The lowest BCUT2D eigenvalue weighted by Gasteiger charge is -2.35. The number of piperidine rings is 1. The number of pyridine rings is 1. The van der Waals surface area contributed by atoms with Gasteiger partial charge >= 0.3 is 12.1 Å². The van der Waals surface area contributed by atoms with Crippen molar-refractivity contribution in [3.63, 3.8) is 0 Å². The second-order valence-corrected chi connectivity index (χ2v) is 12.6. The Hall–Kier alpha value is -2.72. The van der Waals surface area contributed by atoms with E-state index in [1.54, 1.807) is 12.1 Å². The Morgan fingerprint density at radius 3 is 2.48 bits per heavy atom. The third kappa shape index (κ3) is 8.01. The second kappa shape index (κ2) is 13.3. The molecule has 0 amide bonds. The topological polar surface area (TPSA) is 59.9 Å². The third-order valence-electron chi connectivity index (χ3n) is 9.50. The lowest BCUT2D eigenvalue weighted by atomic mass is 9.87. The van der Waals surface area contributed by atoms with E-state index in [-0.39, 0.29) is 17.7 Å². The van der Waals surface area contributed by atoms with Crippen LogP contribution in [-0.2, 0) is 11.0 Å². The molecule has 3 heterocycles. The van der Waals surface area contributed by atoms with Crippen molar-refractivity contribution >= 4 is 11.8 Å². The van der Waals surface area contributed by atoms with Gasteiger partial charge in [0.1, 0.15) is 17.7 Å². The number of hydrogen-bond acceptors (Lipinski definition) is 5. The summed E-state index contributed by atoms with van der Waals surface area (Å²) in [6.07, 6.45) is 3.62. The molecule has 42 heavy (non-hydrogen) atoms. The number of anilines is 1. The van der Waals surface area contributed by atoms with Crippen LogP contribution in [-0.4, -0.2) is 78.2 Å². The number of carboxylic acid groups (broad SMARTS) is 1. The molecule has 1 aliphatic carbocycles. The van der Waals surface area contributed by atoms with E-state index >= 15 is 0 Å². The normalized spacial score (nSPS) is 23.3. The van der Waals surface area contributed by atoms with E-state index in [9.17, 15) is 27.5 Å². The Morgan fingerprint density at radius 2 is 1.86 bits per heavy atom. The molecule has 1 saturated carbocycles. The average molecular weight is 591 g/mol. The van der Waals surface area contributed by atoms with Crippen LogP contribution in [0.25, 0.3) is 0 Å². The van der Waals surface area contributed by atoms with Gasteiger partial charge in [-0.2, -0.15) is 13.2 Å². The summed E-state index contributed by atoms with van der Waals surface area (Å²) in [5.41, 5.74) is 0.221. The van der Waals surface area contributed by atoms with Crippen molar-refractivity contribution in [2.75, 3.05) is 51.2 Å². The van der Waals surface area contributed by atoms with Gasteiger partial charge in [-0.25, -0.2) is 9.37 Å². The zero-order valence-electron chi connectivity index (χ0n) is 24.3. The van der Waals surface area contributed by atoms with Gasteiger partial charge in [0, 0.05) is 45.3 Å². The van der Waals surface area contributed by atoms with E-state index in [0.29, 0.717) is 30.6 Å². The minimum atomic E-state index is -4.38. The Morgan fingerprint density at radius 1 is 1.10 bits per heavy atom. The number of rotatable bonds is 12. The maximum absolute atomic E-state index is 14.2. The fourth-order valence-corrected chi connectivity index (χ4v) is 6.83. The number of carbonyl (C=O) groups is 1. The Balaban J connectivity index is 1.11. The van der Waals surface area contributed by atoms with Crippen molar-refractivity contribution in [2.45, 2.75) is 63.1 Å². The summed E-state index contributed by atoms with van der Waals surface area (Å²) in [5.74, 6) is 1.01. The van der Waals surface area contributed by atoms with Crippen LogP contribution in [0.15, 0.2) is 42.6 Å². The fourth-order valence-electron chi connectivity index (χ4n) is 6.83. The number of likely N-dealkylation sites (tertiary alicyclic amines) is 2. The molecule has 0 spiro atoms. The molecule has 3 unspecified atom stereocenters. The molecule has 6 nitrogen and oxygen atoms in total. The summed E-state index contributed by atoms with van der Waals surface area (Å²) in [6, 6.07) is 8.83. The molecule has 1 N–H and O–H groups in total. The standard InChI is InChI=1S/C32H42F4N4O2/c1-38(30-10-9-26(18-37-30)32(34,35)36)13-3-4-22-11-14-39(15-12-22)19-25-20-40(29(31(41)42)16-23-7-8-23)21-28(25)24-5-2-6-27(33)17-24/h2,5-6,9-10,17-18,22-23,25,28-29H,3-4,7-8,11-16,19-21H2,1H3,(H,41,42). The van der Waals surface area contributed by atoms with Gasteiger partial charge in [0.05, 0.1) is 5.56 Å². The number of alkyl halides is 3. The molecule has 230 valence electrons. The summed E-state index contributed by atoms with van der Waals surface area (Å²) in [4.78, 5) is 22.7. The molecule has 10 heteroatoms. The van der Waals surface area contributed by atoms with Crippen molar-refractivity contribution in [1.82, 2.24) is 14.8 Å². The molecule has 0 radical (unpaired) electrons. The lowest BCUT2D eigenvalue weighted by molar-refractivity contribution is -0.143. The van der Waals surface area contributed by atoms with E-state index in [4.69, 9.17) is 0 Å². The SMILES string of the molecule is CN(CCCC1CCN(CC2CN(C(CC3CC3)C(=O)O)CC2c2cccc(F)c2)CC1)c1ccc(C(F)(F)F)cn1. The summed E-state index contributed by atoms with van der Waals surface area (Å²) >= 11 is 0. The molecule has 5 rings (SSSR count). The van der Waals surface area contributed by atoms with Gasteiger partial charge in [-0.3, -0.25) is 9.69 Å². The number of halogens is 4. The van der Waals surface area contributed by atoms with Crippen LogP contribution in [0, 0.1) is 23.6 Å². The first-order valence-electron chi connectivity index (χ1n) is 15.3. The van der Waals surface area contributed by atoms with Crippen LogP contribution in [0.1, 0.15) is 62.0 Å². The monoisotopic (exact) mass is 590 g/mol. The number of aromatic nitrogens is 1. The van der Waals surface area contributed by atoms with Gasteiger partial charge in [0.15, 0.2) is 0 Å². The molecule has 0 bridgehead atoms. The van der Waals surface area contributed by atoms with Crippen molar-refractivity contribution in [2.24, 2.45) is 17.8 Å². The Labute approximate surface area is 245 Å². The Kier molecular flexibility index (Phi) is 9.72. The lowest BCUT2D eigenvalue weighted by Crippen LogP contribution is -2.41. The highest BCUT2D eigenvalue weighted by molar-refractivity contribution is 5.73. The van der Waals surface area contributed by atoms with Crippen LogP contribution in [0.4, 0.5) is 23.4 Å². The van der Waals surface area contributed by atoms with Crippen molar-refractivity contribution in [1.29, 1.82) is 0 Å². The molecule has 2 aromatic rings. The van der Waals surface area contributed by atoms with E-state index in [1.165, 1.54) is 12.1 Å². The van der Waals surface area contributed by atoms with Gasteiger partial charge in [-0.15, -0.1) is 0 Å². The molecule has 3 atom stereocenters. The molecule has 2 saturated heterocycles. The summed E-state index contributed by atoms with van der Waals surface area (Å²) in [7, 11) is 1.86. The quantitative estimate of drug-likeness (QED) is 0.300. The maximum atomic E-state index is 14.2. The largest absolute Gasteiger partial charge is 0.480 e. The molecule has 1 aromatic carbocycles. The molecular weight excluding hydrogens is 548 g/mol. The molecule has 2 aliphatic heterocycles. The van der Waals surface area contributed by atoms with E-state index < -0.39 is 23.8 Å². The zero-order chi connectivity index (χ0) is 29.9. The first-order chi connectivity index (χ1) is 20.1. The molecule has 1 aromatic heterocycles. The predicted molar refractivity (Wildman–Crippen MR) is 154 cm³/mol. The zero-order valence-corrected chi connectivity index (χ0v) is 24.3. The van der Waals surface area contributed by atoms with E-state index in [1.807, 2.05) is 18.0 Å².